The molecule has 0 saturated carbocycles. The summed E-state index contributed by atoms with van der Waals surface area (Å²) in [5.74, 6) is -0.0895. The second kappa shape index (κ2) is 8.41. The van der Waals surface area contributed by atoms with Crippen LogP contribution in [0.4, 0.5) is 5.82 Å². The predicted octanol–water partition coefficient (Wildman–Crippen LogP) is 4.58. The number of hydrogen-bond donors (Lipinski definition) is 1. The highest BCUT2D eigenvalue weighted by Crippen LogP contribution is 2.39. The van der Waals surface area contributed by atoms with E-state index in [9.17, 15) is 4.79 Å². The third kappa shape index (κ3) is 3.97. The number of aromatic nitrogens is 3. The van der Waals surface area contributed by atoms with Crippen LogP contribution in [0.15, 0.2) is 36.9 Å². The van der Waals surface area contributed by atoms with E-state index in [-0.39, 0.29) is 18.6 Å². The van der Waals surface area contributed by atoms with Crippen molar-refractivity contribution in [1.29, 1.82) is 0 Å². The number of imidazole rings is 1. The Bertz CT molecular complexity index is 1070. The molecule has 7 nitrogen and oxygen atoms in total. The molecule has 1 N–H and O–H groups in total. The second-order valence-corrected chi connectivity index (χ2v) is 8.46. The van der Waals surface area contributed by atoms with E-state index in [0.717, 1.165) is 36.3 Å². The van der Waals surface area contributed by atoms with Crippen LogP contribution >= 0.6 is 23.2 Å². The van der Waals surface area contributed by atoms with Crippen molar-refractivity contribution in [2.45, 2.75) is 31.7 Å². The molecule has 30 heavy (non-hydrogen) atoms. The maximum atomic E-state index is 10.8. The Labute approximate surface area is 184 Å². The number of nitrogens with zero attached hydrogens (tertiary/aromatic N) is 4. The van der Waals surface area contributed by atoms with Gasteiger partial charge in [-0.3, -0.25) is 4.79 Å². The Morgan fingerprint density at radius 2 is 2.20 bits per heavy atom. The number of hydrogen-bond acceptors (Lipinski definition) is 5. The number of halogens is 2. The molecule has 158 valence electrons. The monoisotopic (exact) mass is 448 g/mol. The van der Waals surface area contributed by atoms with Crippen LogP contribution in [0.1, 0.15) is 26.2 Å². The van der Waals surface area contributed by atoms with E-state index in [1.807, 2.05) is 22.9 Å². The van der Waals surface area contributed by atoms with Crippen LogP contribution in [0.25, 0.3) is 16.6 Å². The van der Waals surface area contributed by atoms with E-state index < -0.39 is 5.97 Å². The first-order chi connectivity index (χ1) is 14.4. The van der Waals surface area contributed by atoms with Crippen LogP contribution in [0.3, 0.4) is 0 Å². The molecule has 0 radical (unpaired) electrons. The van der Waals surface area contributed by atoms with Gasteiger partial charge in [0.1, 0.15) is 5.82 Å². The van der Waals surface area contributed by atoms with Crippen molar-refractivity contribution in [1.82, 2.24) is 14.5 Å². The van der Waals surface area contributed by atoms with Crippen LogP contribution in [0.5, 0.6) is 0 Å². The molecule has 0 bridgehead atoms. The van der Waals surface area contributed by atoms with Gasteiger partial charge in [-0.15, -0.1) is 0 Å². The van der Waals surface area contributed by atoms with Crippen molar-refractivity contribution in [3.8, 4) is 5.69 Å². The summed E-state index contributed by atoms with van der Waals surface area (Å²) in [5, 5.41) is 10.6. The zero-order chi connectivity index (χ0) is 21.3. The van der Waals surface area contributed by atoms with Crippen molar-refractivity contribution in [2.75, 3.05) is 24.7 Å². The molecule has 1 fully saturated rings. The highest BCUT2D eigenvalue weighted by Gasteiger charge is 2.38. The average molecular weight is 449 g/mol. The number of fused-ring (bicyclic) bond motifs is 1. The molecule has 0 amide bonds. The molecule has 4 rings (SSSR count). The molecular weight excluding hydrogens is 427 g/mol. The zero-order valence-electron chi connectivity index (χ0n) is 16.5. The topological polar surface area (TPSA) is 80.5 Å². The van der Waals surface area contributed by atoms with Crippen molar-refractivity contribution in [2.24, 2.45) is 0 Å². The number of aliphatic carboxylic acids is 1. The second-order valence-electron chi connectivity index (χ2n) is 7.68. The van der Waals surface area contributed by atoms with E-state index in [1.165, 1.54) is 0 Å². The van der Waals surface area contributed by atoms with Crippen LogP contribution in [-0.2, 0) is 9.53 Å². The summed E-state index contributed by atoms with van der Waals surface area (Å²) in [6.45, 7) is 3.54. The lowest BCUT2D eigenvalue weighted by Crippen LogP contribution is -2.45. The van der Waals surface area contributed by atoms with E-state index in [2.05, 4.69) is 16.8 Å². The van der Waals surface area contributed by atoms with Gasteiger partial charge in [-0.05, 0) is 31.9 Å². The molecule has 3 aromatic rings. The fourth-order valence-electron chi connectivity index (χ4n) is 3.97. The van der Waals surface area contributed by atoms with Crippen molar-refractivity contribution in [3.05, 3.63) is 47.0 Å². The van der Waals surface area contributed by atoms with Gasteiger partial charge in [0.2, 0.25) is 0 Å². The van der Waals surface area contributed by atoms with Gasteiger partial charge in [0.15, 0.2) is 0 Å². The first-order valence-electron chi connectivity index (χ1n) is 9.73. The minimum Gasteiger partial charge on any atom is -0.481 e. The normalized spacial score (nSPS) is 19.0. The predicted molar refractivity (Wildman–Crippen MR) is 117 cm³/mol. The Balaban J connectivity index is 1.74. The van der Waals surface area contributed by atoms with Crippen molar-refractivity contribution >= 4 is 45.9 Å². The van der Waals surface area contributed by atoms with E-state index >= 15 is 0 Å². The summed E-state index contributed by atoms with van der Waals surface area (Å²) in [4.78, 5) is 22.0. The molecule has 1 aromatic carbocycles. The number of carbonyl (C=O) groups is 1. The number of pyridine rings is 1. The lowest BCUT2D eigenvalue weighted by Gasteiger charge is -2.36. The number of carboxylic acids is 1. The molecule has 0 aliphatic carbocycles. The van der Waals surface area contributed by atoms with Crippen LogP contribution in [-0.4, -0.2) is 50.9 Å². The van der Waals surface area contributed by atoms with Crippen LogP contribution < -0.4 is 4.90 Å². The van der Waals surface area contributed by atoms with Gasteiger partial charge in [-0.25, -0.2) is 9.97 Å². The van der Waals surface area contributed by atoms with Gasteiger partial charge in [0.25, 0.3) is 0 Å². The fraction of sp³-hybridized carbons (Fsp3) is 0.381. The van der Waals surface area contributed by atoms with E-state index in [4.69, 9.17) is 38.0 Å². The third-order valence-electron chi connectivity index (χ3n) is 5.52. The highest BCUT2D eigenvalue weighted by molar-refractivity contribution is 6.45. The Morgan fingerprint density at radius 1 is 1.37 bits per heavy atom. The van der Waals surface area contributed by atoms with Gasteiger partial charge in [-0.1, -0.05) is 23.2 Å². The van der Waals surface area contributed by atoms with Crippen LogP contribution in [0.2, 0.25) is 10.0 Å². The average Bonchev–Trinajstić information content (AvgIpc) is 3.38. The Kier molecular flexibility index (Phi) is 5.86. The lowest BCUT2D eigenvalue weighted by atomic mass is 10.00. The largest absolute Gasteiger partial charge is 0.481 e. The summed E-state index contributed by atoms with van der Waals surface area (Å²) >= 11 is 12.8. The number of rotatable bonds is 7. The smallest absolute Gasteiger partial charge is 0.305 e. The minimum absolute atomic E-state index is 0.0107. The van der Waals surface area contributed by atoms with Gasteiger partial charge < -0.3 is 19.3 Å². The first kappa shape index (κ1) is 20.9. The minimum atomic E-state index is -0.865. The van der Waals surface area contributed by atoms with Gasteiger partial charge in [0, 0.05) is 30.4 Å². The number of ether oxygens (including phenoxy) is 1. The first-order valence-corrected chi connectivity index (χ1v) is 10.5. The molecule has 1 saturated heterocycles. The maximum absolute atomic E-state index is 10.8. The molecular formula is C21H22Cl2N4O3. The van der Waals surface area contributed by atoms with E-state index in [1.54, 1.807) is 18.6 Å². The standard InChI is InChI=1S/C21H22Cl2N4O3/c1-21(12-30-10-5-18(28)29)6-2-8-27(21)17-11-16(26-9-7-24-13-26)14-3-4-15(22)19(23)20(14)25-17/h3-4,7,9,11,13H,2,5-6,8,10,12H2,1H3,(H,28,29)/t21-/m0/s1. The Morgan fingerprint density at radius 3 is 2.93 bits per heavy atom. The van der Waals surface area contributed by atoms with Gasteiger partial charge >= 0.3 is 5.97 Å². The molecule has 9 heteroatoms. The third-order valence-corrected chi connectivity index (χ3v) is 6.31. The highest BCUT2D eigenvalue weighted by atomic mass is 35.5. The maximum Gasteiger partial charge on any atom is 0.305 e. The lowest BCUT2D eigenvalue weighted by molar-refractivity contribution is -0.138. The summed E-state index contributed by atoms with van der Waals surface area (Å²) in [5.41, 5.74) is 1.25. The quantitative estimate of drug-likeness (QED) is 0.532. The molecule has 2 aromatic heterocycles. The van der Waals surface area contributed by atoms with Gasteiger partial charge in [0.05, 0.1) is 52.8 Å². The Hall–Kier alpha value is -2.35. The van der Waals surface area contributed by atoms with Crippen LogP contribution in [0, 0.1) is 0 Å². The molecule has 1 aliphatic rings. The zero-order valence-corrected chi connectivity index (χ0v) is 18.0. The molecule has 0 spiro atoms. The summed E-state index contributed by atoms with van der Waals surface area (Å²) in [6.07, 6.45) is 7.23. The van der Waals surface area contributed by atoms with E-state index in [0.29, 0.717) is 22.2 Å². The molecule has 0 unspecified atom stereocenters. The van der Waals surface area contributed by atoms with Crippen molar-refractivity contribution < 1.29 is 14.6 Å². The SMILES string of the molecule is C[C@@]1(COCCC(=O)O)CCCN1c1cc(-n2ccnc2)c2ccc(Cl)c(Cl)c2n1. The summed E-state index contributed by atoms with van der Waals surface area (Å²) in [7, 11) is 0. The fourth-order valence-corrected chi connectivity index (χ4v) is 4.33. The van der Waals surface area contributed by atoms with Gasteiger partial charge in [-0.2, -0.15) is 0 Å². The molecule has 3 heterocycles. The summed E-state index contributed by atoms with van der Waals surface area (Å²) < 4.78 is 7.63. The molecule has 1 atom stereocenters. The van der Waals surface area contributed by atoms with Crippen molar-refractivity contribution in [3.63, 3.8) is 0 Å². The molecule has 1 aliphatic heterocycles. The number of carboxylic acid groups (broad SMARTS) is 1. The summed E-state index contributed by atoms with van der Waals surface area (Å²) in [6, 6.07) is 5.70. The number of benzene rings is 1. The number of anilines is 1.